The van der Waals surface area contributed by atoms with Gasteiger partial charge < -0.3 is 4.42 Å². The summed E-state index contributed by atoms with van der Waals surface area (Å²) in [4.78, 5) is 15.8. The maximum Gasteiger partial charge on any atom is 0.164 e. The fourth-order valence-corrected chi connectivity index (χ4v) is 11.5. The minimum Gasteiger partial charge on any atom is -0.456 e. The molecule has 0 radical (unpaired) electrons. The molecule has 0 N–H and O–H groups in total. The van der Waals surface area contributed by atoms with Crippen LogP contribution in [0.5, 0.6) is 0 Å². The molecule has 5 heteroatoms. The Labute approximate surface area is 407 Å². The largest absolute Gasteiger partial charge is 0.456 e. The first-order valence-electron chi connectivity index (χ1n) is 23.6. The van der Waals surface area contributed by atoms with Crippen molar-refractivity contribution in [2.24, 2.45) is 0 Å². The van der Waals surface area contributed by atoms with E-state index in [4.69, 9.17) is 19.4 Å². The maximum atomic E-state index is 6.54. The summed E-state index contributed by atoms with van der Waals surface area (Å²) in [5, 5.41) is 9.44. The Morgan fingerprint density at radius 2 is 0.843 bits per heavy atom. The molecule has 14 aromatic rings. The van der Waals surface area contributed by atoms with Gasteiger partial charge in [-0.05, 0) is 103 Å². The van der Waals surface area contributed by atoms with Crippen LogP contribution < -0.4 is 0 Å². The Morgan fingerprint density at radius 1 is 0.286 bits per heavy atom. The molecular weight excluding hydrogens is 871 g/mol. The Morgan fingerprint density at radius 3 is 1.64 bits per heavy atom. The number of hydrogen-bond acceptors (Lipinski definition) is 5. The second-order valence-electron chi connectivity index (χ2n) is 17.9. The van der Waals surface area contributed by atoms with Gasteiger partial charge in [0, 0.05) is 53.2 Å². The smallest absolute Gasteiger partial charge is 0.164 e. The van der Waals surface area contributed by atoms with E-state index >= 15 is 0 Å². The van der Waals surface area contributed by atoms with Crippen LogP contribution in [0.3, 0.4) is 0 Å². The molecular formula is C65H39N3OS. The molecule has 326 valence electrons. The minimum absolute atomic E-state index is 0.580. The van der Waals surface area contributed by atoms with Gasteiger partial charge in [-0.2, -0.15) is 0 Å². The zero-order valence-corrected chi connectivity index (χ0v) is 38.5. The van der Waals surface area contributed by atoms with E-state index < -0.39 is 0 Å². The number of thiophene rings is 1. The predicted octanol–water partition coefficient (Wildman–Crippen LogP) is 18.1. The molecule has 0 aliphatic heterocycles. The number of fused-ring (bicyclic) bond motifs is 9. The molecule has 4 nitrogen and oxygen atoms in total. The molecule has 70 heavy (non-hydrogen) atoms. The van der Waals surface area contributed by atoms with Crippen LogP contribution in [0.15, 0.2) is 241 Å². The second-order valence-corrected chi connectivity index (χ2v) is 19.0. The van der Waals surface area contributed by atoms with E-state index in [1.807, 2.05) is 29.5 Å². The van der Waals surface area contributed by atoms with E-state index in [0.717, 1.165) is 71.7 Å². The van der Waals surface area contributed by atoms with Gasteiger partial charge in [0.25, 0.3) is 0 Å². The van der Waals surface area contributed by atoms with Crippen LogP contribution in [-0.2, 0) is 0 Å². The molecule has 14 rings (SSSR count). The summed E-state index contributed by atoms with van der Waals surface area (Å²) in [6, 6.07) is 84.0. The average molecular weight is 910 g/mol. The van der Waals surface area contributed by atoms with E-state index in [1.54, 1.807) is 0 Å². The van der Waals surface area contributed by atoms with Crippen molar-refractivity contribution in [2.75, 3.05) is 0 Å². The zero-order chi connectivity index (χ0) is 46.1. The summed E-state index contributed by atoms with van der Waals surface area (Å²) in [7, 11) is 0. The minimum atomic E-state index is 0.580. The van der Waals surface area contributed by atoms with Gasteiger partial charge in [-0.1, -0.05) is 194 Å². The lowest BCUT2D eigenvalue weighted by molar-refractivity contribution is 0.669. The quantitative estimate of drug-likeness (QED) is 0.160. The molecule has 3 aromatic heterocycles. The second kappa shape index (κ2) is 16.3. The van der Waals surface area contributed by atoms with Gasteiger partial charge in [-0.15, -0.1) is 11.3 Å². The number of rotatable bonds is 7. The van der Waals surface area contributed by atoms with Crippen molar-refractivity contribution in [3.8, 4) is 78.7 Å². The van der Waals surface area contributed by atoms with Gasteiger partial charge >= 0.3 is 0 Å². The summed E-state index contributed by atoms with van der Waals surface area (Å²) in [5.74, 6) is 1.78. The number of aromatic nitrogens is 3. The molecule has 0 spiro atoms. The van der Waals surface area contributed by atoms with Crippen LogP contribution in [0.4, 0.5) is 0 Å². The van der Waals surface area contributed by atoms with Gasteiger partial charge in [-0.25, -0.2) is 15.0 Å². The molecule has 0 amide bonds. The number of nitrogens with zero attached hydrogens (tertiary/aromatic N) is 3. The van der Waals surface area contributed by atoms with Crippen LogP contribution in [0.25, 0.3) is 142 Å². The Hall–Kier alpha value is -9.03. The van der Waals surface area contributed by atoms with Crippen LogP contribution in [-0.4, -0.2) is 15.0 Å². The molecule has 0 saturated carbocycles. The molecule has 0 fully saturated rings. The number of furan rings is 1. The lowest BCUT2D eigenvalue weighted by Gasteiger charge is -2.11. The molecule has 0 bridgehead atoms. The highest BCUT2D eigenvalue weighted by Crippen LogP contribution is 2.45. The van der Waals surface area contributed by atoms with Crippen molar-refractivity contribution in [2.45, 2.75) is 0 Å². The Kier molecular flexibility index (Phi) is 9.36. The van der Waals surface area contributed by atoms with Gasteiger partial charge in [0.2, 0.25) is 0 Å². The standard InChI is InChI=1S/C65H39N3OS/c1-2-12-40(13-3-1)42-24-26-44(27-25-42)48-34-35-57-56(38-48)60-54(21-11-22-58(60)69-57)65-67-63(66-64(68-65)51-33-30-41-14-4-5-15-46(41)37-51)50-18-10-17-47(36-50)43-28-31-45(32-29-43)55-39-49-16-6-7-19-52(49)61-53-20-8-9-23-59(53)70-62(55)61/h1-39H. The van der Waals surface area contributed by atoms with E-state index in [9.17, 15) is 0 Å². The van der Waals surface area contributed by atoms with E-state index in [-0.39, 0.29) is 0 Å². The molecule has 3 heterocycles. The third kappa shape index (κ3) is 6.86. The molecule has 11 aromatic carbocycles. The predicted molar refractivity (Wildman–Crippen MR) is 293 cm³/mol. The molecule has 0 saturated heterocycles. The highest BCUT2D eigenvalue weighted by Gasteiger charge is 2.20. The molecule has 0 atom stereocenters. The maximum absolute atomic E-state index is 6.54. The first-order valence-corrected chi connectivity index (χ1v) is 24.4. The summed E-state index contributed by atoms with van der Waals surface area (Å²) in [6.07, 6.45) is 0. The third-order valence-corrected chi connectivity index (χ3v) is 14.9. The normalized spacial score (nSPS) is 11.7. The number of hydrogen-bond donors (Lipinski definition) is 0. The lowest BCUT2D eigenvalue weighted by Crippen LogP contribution is -2.00. The summed E-state index contributed by atoms with van der Waals surface area (Å²) in [6.45, 7) is 0. The summed E-state index contributed by atoms with van der Waals surface area (Å²) < 4.78 is 9.16. The van der Waals surface area contributed by atoms with E-state index in [0.29, 0.717) is 17.5 Å². The van der Waals surface area contributed by atoms with Gasteiger partial charge in [0.15, 0.2) is 17.5 Å². The number of benzene rings is 11. The van der Waals surface area contributed by atoms with E-state index in [1.165, 1.54) is 53.2 Å². The SMILES string of the molecule is c1ccc(-c2ccc(-c3ccc4oc5cccc(-c6nc(-c7cccc(-c8ccc(-c9cc%10ccccc%10c%10c9sc9ccccc9%10)cc8)c7)nc(-c7ccc8ccccc8c7)n6)c5c4c3)cc2)cc1. The van der Waals surface area contributed by atoms with Crippen LogP contribution in [0, 0.1) is 0 Å². The molecule has 0 aliphatic rings. The van der Waals surface area contributed by atoms with Crippen LogP contribution in [0.1, 0.15) is 0 Å². The lowest BCUT2D eigenvalue weighted by atomic mass is 9.95. The van der Waals surface area contributed by atoms with Crippen LogP contribution >= 0.6 is 11.3 Å². The van der Waals surface area contributed by atoms with Gasteiger partial charge in [0.05, 0.1) is 0 Å². The van der Waals surface area contributed by atoms with Crippen molar-refractivity contribution in [1.82, 2.24) is 15.0 Å². The van der Waals surface area contributed by atoms with E-state index in [2.05, 4.69) is 218 Å². The van der Waals surface area contributed by atoms with Crippen molar-refractivity contribution in [1.29, 1.82) is 0 Å². The highest BCUT2D eigenvalue weighted by atomic mass is 32.1. The average Bonchev–Trinajstić information content (AvgIpc) is 4.02. The molecule has 0 unspecified atom stereocenters. The van der Waals surface area contributed by atoms with Crippen molar-refractivity contribution < 1.29 is 4.42 Å². The molecule has 0 aliphatic carbocycles. The van der Waals surface area contributed by atoms with Gasteiger partial charge in [-0.3, -0.25) is 0 Å². The highest BCUT2D eigenvalue weighted by molar-refractivity contribution is 7.26. The van der Waals surface area contributed by atoms with Crippen molar-refractivity contribution in [3.05, 3.63) is 237 Å². The monoisotopic (exact) mass is 909 g/mol. The fraction of sp³-hybridized carbons (Fsp3) is 0. The topological polar surface area (TPSA) is 51.8 Å². The van der Waals surface area contributed by atoms with Crippen LogP contribution in [0.2, 0.25) is 0 Å². The zero-order valence-electron chi connectivity index (χ0n) is 37.7. The first kappa shape index (κ1) is 40.1. The van der Waals surface area contributed by atoms with Crippen molar-refractivity contribution in [3.63, 3.8) is 0 Å². The summed E-state index contributed by atoms with van der Waals surface area (Å²) in [5.41, 5.74) is 13.5. The fourth-order valence-electron chi connectivity index (χ4n) is 10.2. The third-order valence-electron chi connectivity index (χ3n) is 13.7. The Balaban J connectivity index is 0.878. The summed E-state index contributed by atoms with van der Waals surface area (Å²) >= 11 is 1.87. The van der Waals surface area contributed by atoms with Crippen molar-refractivity contribution >= 4 is 75.0 Å². The Bertz CT molecular complexity index is 4340. The first-order chi connectivity index (χ1) is 34.6. The van der Waals surface area contributed by atoms with Gasteiger partial charge in [0.1, 0.15) is 11.2 Å².